The monoisotopic (exact) mass is 474 g/mol. The molecule has 1 heterocycles. The largest absolute Gasteiger partial charge is 0.445 e. The lowest BCUT2D eigenvalue weighted by Crippen LogP contribution is -2.49. The van der Waals surface area contributed by atoms with Gasteiger partial charge in [-0.05, 0) is 36.6 Å². The number of likely N-dealkylation sites (tertiary alicyclic amines) is 1. The van der Waals surface area contributed by atoms with E-state index >= 15 is 0 Å². The third-order valence-electron chi connectivity index (χ3n) is 5.03. The summed E-state index contributed by atoms with van der Waals surface area (Å²) in [4.78, 5) is 26.1. The normalized spacial score (nSPS) is 16.2. The number of rotatable bonds is 6. The molecule has 1 aliphatic rings. The van der Waals surface area contributed by atoms with Crippen LogP contribution < -0.4 is 5.32 Å². The van der Waals surface area contributed by atoms with Gasteiger partial charge in [0, 0.05) is 24.7 Å². The number of amides is 1. The molecule has 1 amide bonds. The van der Waals surface area contributed by atoms with Gasteiger partial charge in [0.05, 0.1) is 12.1 Å². The molecule has 0 unspecified atom stereocenters. The molecule has 0 saturated carbocycles. The highest BCUT2D eigenvalue weighted by Crippen LogP contribution is 2.32. The number of piperidine rings is 1. The number of hydrogen-bond acceptors (Lipinski definition) is 4. The van der Waals surface area contributed by atoms with E-state index < -0.39 is 29.4 Å². The third-order valence-corrected chi connectivity index (χ3v) is 5.03. The third kappa shape index (κ3) is 6.93. The number of hydrogen-bond donors (Lipinski definition) is 1. The fourth-order valence-corrected chi connectivity index (χ4v) is 3.38. The smallest absolute Gasteiger partial charge is 0.419 e. The summed E-state index contributed by atoms with van der Waals surface area (Å²) < 4.78 is 57.2. The molecule has 5 nitrogen and oxygen atoms in total. The van der Waals surface area contributed by atoms with E-state index in [0.29, 0.717) is 38.1 Å². The maximum absolute atomic E-state index is 13.4. The van der Waals surface area contributed by atoms with Crippen molar-refractivity contribution in [3.8, 4) is 0 Å². The van der Waals surface area contributed by atoms with Crippen LogP contribution in [0.3, 0.4) is 0 Å². The molecule has 0 aliphatic carbocycles. The molecular weight excluding hydrogens is 452 g/mol. The minimum Gasteiger partial charge on any atom is -0.445 e. The van der Waals surface area contributed by atoms with Gasteiger partial charge in [0.2, 0.25) is 0 Å². The first-order valence-electron chi connectivity index (χ1n) is 9.83. The van der Waals surface area contributed by atoms with E-state index in [2.05, 4.69) is 5.32 Å². The fraction of sp³-hybridized carbons (Fsp3) is 0.364. The first-order valence-corrected chi connectivity index (χ1v) is 9.83. The summed E-state index contributed by atoms with van der Waals surface area (Å²) in [6.45, 7) is 0.768. The van der Waals surface area contributed by atoms with Crippen LogP contribution in [0.4, 0.5) is 22.4 Å². The number of halogens is 5. The highest BCUT2D eigenvalue weighted by atomic mass is 35.5. The number of carbonyl (C=O) groups excluding carboxylic acids is 2. The molecule has 2 aromatic rings. The van der Waals surface area contributed by atoms with Crippen molar-refractivity contribution < 1.29 is 31.9 Å². The molecule has 1 atom stereocenters. The molecule has 32 heavy (non-hydrogen) atoms. The molecule has 1 N–H and O–H groups in total. The first kappa shape index (κ1) is 25.6. The summed E-state index contributed by atoms with van der Waals surface area (Å²) in [6, 6.07) is 11.2. The zero-order valence-corrected chi connectivity index (χ0v) is 17.8. The molecule has 0 radical (unpaired) electrons. The van der Waals surface area contributed by atoms with Gasteiger partial charge in [0.15, 0.2) is 5.78 Å². The Bertz CT molecular complexity index is 925. The van der Waals surface area contributed by atoms with E-state index in [0.717, 1.165) is 11.6 Å². The summed E-state index contributed by atoms with van der Waals surface area (Å²) >= 11 is 0. The van der Waals surface area contributed by atoms with E-state index in [-0.39, 0.29) is 37.2 Å². The van der Waals surface area contributed by atoms with Crippen molar-refractivity contribution in [2.45, 2.75) is 31.7 Å². The zero-order chi connectivity index (χ0) is 22.4. The van der Waals surface area contributed by atoms with Gasteiger partial charge in [0.1, 0.15) is 12.4 Å². The Hall–Kier alpha value is -2.65. The van der Waals surface area contributed by atoms with Gasteiger partial charge in [0.25, 0.3) is 0 Å². The van der Waals surface area contributed by atoms with Crippen LogP contribution in [0.25, 0.3) is 0 Å². The molecule has 0 bridgehead atoms. The fourth-order valence-electron chi connectivity index (χ4n) is 3.38. The Balaban J connectivity index is 0.00000363. The first-order chi connectivity index (χ1) is 14.7. The van der Waals surface area contributed by atoms with Crippen molar-refractivity contribution in [2.75, 3.05) is 19.6 Å². The molecule has 2 aromatic carbocycles. The van der Waals surface area contributed by atoms with E-state index in [1.54, 1.807) is 0 Å². The van der Waals surface area contributed by atoms with Gasteiger partial charge in [-0.25, -0.2) is 9.18 Å². The Morgan fingerprint density at radius 1 is 1.12 bits per heavy atom. The second-order valence-electron chi connectivity index (χ2n) is 7.32. The van der Waals surface area contributed by atoms with E-state index in [9.17, 15) is 27.2 Å². The predicted octanol–water partition coefficient (Wildman–Crippen LogP) is 4.84. The van der Waals surface area contributed by atoms with Gasteiger partial charge in [-0.3, -0.25) is 4.79 Å². The SMILES string of the molecule is Cl.O=C(CN[C@@H]1CCCN(C(=O)OCc2ccccc2)C1)c1ccc(F)c(C(F)(F)F)c1. The molecule has 1 aliphatic heterocycles. The zero-order valence-electron chi connectivity index (χ0n) is 17.0. The number of nitrogens with zero attached hydrogens (tertiary/aromatic N) is 1. The van der Waals surface area contributed by atoms with Crippen molar-refractivity contribution >= 4 is 24.3 Å². The minimum atomic E-state index is -4.88. The summed E-state index contributed by atoms with van der Waals surface area (Å²) in [7, 11) is 0. The maximum Gasteiger partial charge on any atom is 0.419 e. The Kier molecular flexibility index (Phi) is 9.03. The van der Waals surface area contributed by atoms with Crippen molar-refractivity contribution in [3.05, 3.63) is 71.0 Å². The average molecular weight is 475 g/mol. The van der Waals surface area contributed by atoms with Crippen LogP contribution in [0, 0.1) is 5.82 Å². The van der Waals surface area contributed by atoms with Gasteiger partial charge in [-0.1, -0.05) is 30.3 Å². The molecule has 0 aromatic heterocycles. The van der Waals surface area contributed by atoms with Crippen LogP contribution in [-0.2, 0) is 17.5 Å². The number of nitrogens with one attached hydrogen (secondary N) is 1. The summed E-state index contributed by atoms with van der Waals surface area (Å²) in [6.07, 6.45) is -3.94. The highest BCUT2D eigenvalue weighted by Gasteiger charge is 2.34. The standard InChI is InChI=1S/C22H22F4N2O3.ClH/c23-19-9-8-16(11-18(19)22(24,25)26)20(29)12-27-17-7-4-10-28(13-17)21(30)31-14-15-5-2-1-3-6-15;/h1-3,5-6,8-9,11,17,27H,4,7,10,12-14H2;1H/t17-;/m1./s1. The van der Waals surface area contributed by atoms with Gasteiger partial charge < -0.3 is 15.0 Å². The lowest BCUT2D eigenvalue weighted by Gasteiger charge is -2.32. The Morgan fingerprint density at radius 2 is 1.84 bits per heavy atom. The van der Waals surface area contributed by atoms with Crippen LogP contribution in [0.5, 0.6) is 0 Å². The lowest BCUT2D eigenvalue weighted by atomic mass is 10.0. The van der Waals surface area contributed by atoms with Crippen molar-refractivity contribution in [1.82, 2.24) is 10.2 Å². The average Bonchev–Trinajstić information content (AvgIpc) is 2.76. The number of benzene rings is 2. The Labute approximate surface area is 189 Å². The topological polar surface area (TPSA) is 58.6 Å². The van der Waals surface area contributed by atoms with Crippen LogP contribution in [0.1, 0.15) is 34.3 Å². The second-order valence-corrected chi connectivity index (χ2v) is 7.32. The molecule has 1 saturated heterocycles. The lowest BCUT2D eigenvalue weighted by molar-refractivity contribution is -0.140. The van der Waals surface area contributed by atoms with Crippen LogP contribution in [0.15, 0.2) is 48.5 Å². The van der Waals surface area contributed by atoms with Crippen molar-refractivity contribution in [2.24, 2.45) is 0 Å². The minimum absolute atomic E-state index is 0. The molecular formula is C22H23ClF4N2O3. The molecule has 174 valence electrons. The van der Waals surface area contributed by atoms with E-state index in [1.807, 2.05) is 30.3 Å². The van der Waals surface area contributed by atoms with E-state index in [4.69, 9.17) is 4.74 Å². The predicted molar refractivity (Wildman–Crippen MR) is 112 cm³/mol. The highest BCUT2D eigenvalue weighted by molar-refractivity contribution is 5.97. The van der Waals surface area contributed by atoms with Crippen LogP contribution in [0.2, 0.25) is 0 Å². The number of carbonyl (C=O) groups is 2. The molecule has 3 rings (SSSR count). The van der Waals surface area contributed by atoms with E-state index in [1.165, 1.54) is 4.90 Å². The molecule has 0 spiro atoms. The van der Waals surface area contributed by atoms with Crippen LogP contribution >= 0.6 is 12.4 Å². The number of Topliss-reactive ketones (excluding diaryl/α,β-unsaturated/α-hetero) is 1. The number of ether oxygens (including phenoxy) is 1. The number of alkyl halides is 3. The van der Waals surface area contributed by atoms with Crippen LogP contribution in [-0.4, -0.2) is 42.5 Å². The van der Waals surface area contributed by atoms with Crippen molar-refractivity contribution in [3.63, 3.8) is 0 Å². The van der Waals surface area contributed by atoms with Gasteiger partial charge >= 0.3 is 12.3 Å². The van der Waals surface area contributed by atoms with Crippen molar-refractivity contribution in [1.29, 1.82) is 0 Å². The molecule has 10 heteroatoms. The van der Waals surface area contributed by atoms with Gasteiger partial charge in [-0.2, -0.15) is 13.2 Å². The summed E-state index contributed by atoms with van der Waals surface area (Å²) in [5.41, 5.74) is -0.829. The summed E-state index contributed by atoms with van der Waals surface area (Å²) in [5.74, 6) is -2.01. The quantitative estimate of drug-likeness (QED) is 0.481. The second kappa shape index (κ2) is 11.3. The Morgan fingerprint density at radius 3 is 2.53 bits per heavy atom. The summed E-state index contributed by atoms with van der Waals surface area (Å²) in [5, 5.41) is 2.98. The number of ketones is 1. The molecule has 1 fully saturated rings. The maximum atomic E-state index is 13.4. The van der Waals surface area contributed by atoms with Gasteiger partial charge in [-0.15, -0.1) is 12.4 Å².